The number of aromatic nitrogens is 5. The van der Waals surface area contributed by atoms with Gasteiger partial charge in [-0.1, -0.05) is 0 Å². The van der Waals surface area contributed by atoms with Crippen molar-refractivity contribution in [2.75, 3.05) is 4.72 Å². The van der Waals surface area contributed by atoms with E-state index in [1.807, 2.05) is 0 Å². The molecule has 1 N–H and O–H groups in total. The Labute approximate surface area is 147 Å². The number of nitrogens with zero attached hydrogens (tertiary/aromatic N) is 5. The van der Waals surface area contributed by atoms with Crippen molar-refractivity contribution in [1.82, 2.24) is 24.7 Å². The molecule has 0 bridgehead atoms. The van der Waals surface area contributed by atoms with E-state index in [4.69, 9.17) is 0 Å². The molecule has 8 nitrogen and oxygen atoms in total. The number of sulfonamides is 1. The fourth-order valence-electron chi connectivity index (χ4n) is 2.30. The molecule has 1 aromatic carbocycles. The topological polar surface area (TPSA) is 103 Å². The van der Waals surface area contributed by atoms with Crippen LogP contribution in [0.2, 0.25) is 0 Å². The van der Waals surface area contributed by atoms with Crippen LogP contribution in [0.4, 0.5) is 5.95 Å². The van der Waals surface area contributed by atoms with Gasteiger partial charge in [0.25, 0.3) is 10.0 Å². The Hall–Kier alpha value is -2.85. The Kier molecular flexibility index (Phi) is 3.70. The first-order valence-electron chi connectivity index (χ1n) is 7.19. The van der Waals surface area contributed by atoms with Crippen molar-refractivity contribution in [2.24, 2.45) is 7.05 Å². The highest BCUT2D eigenvalue weighted by molar-refractivity contribution is 7.92. The second-order valence-electron chi connectivity index (χ2n) is 5.26. The maximum atomic E-state index is 12.6. The molecule has 0 fully saturated rings. The summed E-state index contributed by atoms with van der Waals surface area (Å²) in [5.74, 6) is 0.00533. The van der Waals surface area contributed by atoms with Crippen LogP contribution in [0.5, 0.6) is 0 Å². The van der Waals surface area contributed by atoms with Gasteiger partial charge in [-0.05, 0) is 24.3 Å². The third kappa shape index (κ3) is 3.08. The van der Waals surface area contributed by atoms with Crippen LogP contribution in [0, 0.1) is 0 Å². The summed E-state index contributed by atoms with van der Waals surface area (Å²) in [6.45, 7) is 0. The molecular formula is C15H12N6O2S2. The maximum Gasteiger partial charge on any atom is 0.264 e. The first-order chi connectivity index (χ1) is 12.0. The molecule has 3 aromatic heterocycles. The first-order valence-corrected chi connectivity index (χ1v) is 9.56. The molecule has 0 radical (unpaired) electrons. The van der Waals surface area contributed by atoms with Crippen molar-refractivity contribution >= 4 is 37.5 Å². The molecule has 0 aliphatic carbocycles. The summed E-state index contributed by atoms with van der Waals surface area (Å²) in [6, 6.07) is 6.46. The molecule has 10 heteroatoms. The summed E-state index contributed by atoms with van der Waals surface area (Å²) in [7, 11) is -2.00. The van der Waals surface area contributed by atoms with Gasteiger partial charge in [0.2, 0.25) is 5.95 Å². The largest absolute Gasteiger partial charge is 0.275 e. The van der Waals surface area contributed by atoms with Gasteiger partial charge in [-0.25, -0.2) is 28.1 Å². The van der Waals surface area contributed by atoms with E-state index in [-0.39, 0.29) is 10.8 Å². The normalized spacial score (nSPS) is 11.7. The lowest BCUT2D eigenvalue weighted by molar-refractivity contribution is 0.601. The van der Waals surface area contributed by atoms with Crippen molar-refractivity contribution < 1.29 is 8.42 Å². The van der Waals surface area contributed by atoms with Gasteiger partial charge in [0, 0.05) is 25.0 Å². The molecule has 0 aliphatic rings. The smallest absolute Gasteiger partial charge is 0.264 e. The van der Waals surface area contributed by atoms with Crippen LogP contribution < -0.4 is 4.72 Å². The quantitative estimate of drug-likeness (QED) is 0.590. The zero-order valence-electron chi connectivity index (χ0n) is 13.0. The van der Waals surface area contributed by atoms with E-state index in [9.17, 15) is 8.42 Å². The average Bonchev–Trinajstić information content (AvgIpc) is 3.22. The van der Waals surface area contributed by atoms with Gasteiger partial charge in [-0.15, -0.1) is 11.3 Å². The Balaban J connectivity index is 1.66. The maximum absolute atomic E-state index is 12.6. The van der Waals surface area contributed by atoms with Crippen LogP contribution in [-0.2, 0) is 17.1 Å². The highest BCUT2D eigenvalue weighted by Gasteiger charge is 2.17. The molecule has 25 heavy (non-hydrogen) atoms. The molecule has 126 valence electrons. The molecule has 0 amide bonds. The molecule has 0 unspecified atom stereocenters. The zero-order chi connectivity index (χ0) is 17.4. The van der Waals surface area contributed by atoms with Crippen LogP contribution in [0.1, 0.15) is 0 Å². The minimum Gasteiger partial charge on any atom is -0.275 e. The Morgan fingerprint density at radius 1 is 1.20 bits per heavy atom. The predicted molar refractivity (Wildman–Crippen MR) is 94.7 cm³/mol. The number of benzene rings is 1. The summed E-state index contributed by atoms with van der Waals surface area (Å²) in [5.41, 5.74) is 3.79. The molecule has 0 saturated carbocycles. The number of hydrogen-bond donors (Lipinski definition) is 1. The Morgan fingerprint density at radius 2 is 2.08 bits per heavy atom. The fourth-order valence-corrected chi connectivity index (χ4v) is 4.07. The fraction of sp³-hybridized carbons (Fsp3) is 0.0667. The van der Waals surface area contributed by atoms with Crippen LogP contribution >= 0.6 is 11.3 Å². The highest BCUT2D eigenvalue weighted by Crippen LogP contribution is 2.23. The lowest BCUT2D eigenvalue weighted by Crippen LogP contribution is -2.15. The average molecular weight is 372 g/mol. The van der Waals surface area contributed by atoms with E-state index in [0.717, 1.165) is 15.8 Å². The number of nitrogens with one attached hydrogen (secondary N) is 1. The number of hydrogen-bond acceptors (Lipinski definition) is 7. The standard InChI is InChI=1S/C15H12N6O2S2/c1-21-8-10(7-18-21)12-4-5-16-15(19-12)20-25(22,23)11-2-3-13-14(6-11)24-9-17-13/h2-9H,1H3,(H,16,19,20). The van der Waals surface area contributed by atoms with Crippen LogP contribution in [0.15, 0.2) is 53.3 Å². The number of thiazole rings is 1. The Bertz CT molecular complexity index is 1170. The molecule has 3 heterocycles. The Morgan fingerprint density at radius 3 is 2.88 bits per heavy atom. The first kappa shape index (κ1) is 15.7. The monoisotopic (exact) mass is 372 g/mol. The zero-order valence-corrected chi connectivity index (χ0v) is 14.6. The van der Waals surface area contributed by atoms with E-state index in [0.29, 0.717) is 5.69 Å². The van der Waals surface area contributed by atoms with E-state index in [2.05, 4.69) is 24.8 Å². The van der Waals surface area contributed by atoms with Gasteiger partial charge in [0.05, 0.1) is 32.5 Å². The van der Waals surface area contributed by atoms with Gasteiger partial charge in [0.15, 0.2) is 0 Å². The second-order valence-corrected chi connectivity index (χ2v) is 7.82. The summed E-state index contributed by atoms with van der Waals surface area (Å²) >= 11 is 1.38. The van der Waals surface area contributed by atoms with Crippen molar-refractivity contribution in [1.29, 1.82) is 0 Å². The molecular weight excluding hydrogens is 360 g/mol. The summed E-state index contributed by atoms with van der Waals surface area (Å²) < 4.78 is 30.1. The van der Waals surface area contributed by atoms with E-state index in [1.165, 1.54) is 23.6 Å². The van der Waals surface area contributed by atoms with Gasteiger partial charge >= 0.3 is 0 Å². The van der Waals surface area contributed by atoms with Crippen LogP contribution in [0.3, 0.4) is 0 Å². The van der Waals surface area contributed by atoms with Gasteiger partial charge in [-0.3, -0.25) is 4.68 Å². The van der Waals surface area contributed by atoms with E-state index >= 15 is 0 Å². The minimum atomic E-state index is -3.79. The number of anilines is 1. The number of aryl methyl sites for hydroxylation is 1. The second kappa shape index (κ2) is 5.90. The summed E-state index contributed by atoms with van der Waals surface area (Å²) in [6.07, 6.45) is 4.94. The lowest BCUT2D eigenvalue weighted by atomic mass is 10.2. The van der Waals surface area contributed by atoms with Crippen molar-refractivity contribution in [3.05, 3.63) is 48.4 Å². The van der Waals surface area contributed by atoms with Gasteiger partial charge in [-0.2, -0.15) is 5.10 Å². The molecule has 0 spiro atoms. The van der Waals surface area contributed by atoms with E-state index < -0.39 is 10.0 Å². The third-order valence-electron chi connectivity index (χ3n) is 3.49. The highest BCUT2D eigenvalue weighted by atomic mass is 32.2. The third-order valence-corrected chi connectivity index (χ3v) is 5.61. The van der Waals surface area contributed by atoms with Crippen molar-refractivity contribution in [3.8, 4) is 11.3 Å². The lowest BCUT2D eigenvalue weighted by Gasteiger charge is -2.07. The number of rotatable bonds is 4. The summed E-state index contributed by atoms with van der Waals surface area (Å²) in [4.78, 5) is 12.5. The molecule has 0 aliphatic heterocycles. The number of fused-ring (bicyclic) bond motifs is 1. The van der Waals surface area contributed by atoms with Crippen LogP contribution in [0.25, 0.3) is 21.5 Å². The van der Waals surface area contributed by atoms with E-state index in [1.54, 1.807) is 47.8 Å². The predicted octanol–water partition coefficient (Wildman–Crippen LogP) is 2.29. The van der Waals surface area contributed by atoms with Crippen molar-refractivity contribution in [2.45, 2.75) is 4.90 Å². The SMILES string of the molecule is Cn1cc(-c2ccnc(NS(=O)(=O)c3ccc4ncsc4c3)n2)cn1. The van der Waals surface area contributed by atoms with Gasteiger partial charge < -0.3 is 0 Å². The minimum absolute atomic E-state index is 0.00533. The van der Waals surface area contributed by atoms with Gasteiger partial charge in [0.1, 0.15) is 0 Å². The molecule has 4 aromatic rings. The molecule has 0 saturated heterocycles. The molecule has 4 rings (SSSR count). The molecule has 0 atom stereocenters. The van der Waals surface area contributed by atoms with Crippen molar-refractivity contribution in [3.63, 3.8) is 0 Å². The summed E-state index contributed by atoms with van der Waals surface area (Å²) in [5, 5.41) is 4.08. The van der Waals surface area contributed by atoms with Crippen LogP contribution in [-0.4, -0.2) is 33.2 Å².